The van der Waals surface area contributed by atoms with E-state index in [1.54, 1.807) is 0 Å². The van der Waals surface area contributed by atoms with Gasteiger partial charge in [0.1, 0.15) is 5.01 Å². The third-order valence-electron chi connectivity index (χ3n) is 3.57. The smallest absolute Gasteiger partial charge is 0.231 e. The Bertz CT molecular complexity index is 429. The zero-order chi connectivity index (χ0) is 13.2. The molecule has 1 aliphatic rings. The number of nitrogens with zero attached hydrogens (tertiary/aromatic N) is 2. The maximum Gasteiger partial charge on any atom is 0.231 e. The van der Waals surface area contributed by atoms with Crippen LogP contribution in [0.1, 0.15) is 44.5 Å². The number of aryl methyl sites for hydroxylation is 1. The summed E-state index contributed by atoms with van der Waals surface area (Å²) in [6.45, 7) is 3.98. The van der Waals surface area contributed by atoms with Crippen molar-refractivity contribution in [2.75, 3.05) is 5.32 Å². The zero-order valence-corrected chi connectivity index (χ0v) is 11.7. The van der Waals surface area contributed by atoms with Crippen molar-refractivity contribution in [3.63, 3.8) is 0 Å². The number of rotatable bonds is 3. The van der Waals surface area contributed by atoms with E-state index in [4.69, 9.17) is 5.73 Å². The molecule has 2 rings (SSSR count). The van der Waals surface area contributed by atoms with E-state index in [9.17, 15) is 4.79 Å². The van der Waals surface area contributed by atoms with Crippen molar-refractivity contribution in [3.8, 4) is 0 Å². The second-order valence-corrected chi connectivity index (χ2v) is 6.21. The maximum absolute atomic E-state index is 12.2. The van der Waals surface area contributed by atoms with Gasteiger partial charge in [0.15, 0.2) is 0 Å². The van der Waals surface area contributed by atoms with Gasteiger partial charge in [0.05, 0.1) is 5.92 Å². The number of amides is 1. The number of nitrogens with one attached hydrogen (secondary N) is 1. The Kier molecular flexibility index (Phi) is 3.97. The van der Waals surface area contributed by atoms with E-state index < -0.39 is 5.54 Å². The van der Waals surface area contributed by atoms with Crippen molar-refractivity contribution in [2.45, 2.75) is 51.5 Å². The van der Waals surface area contributed by atoms with Crippen molar-refractivity contribution in [1.82, 2.24) is 10.2 Å². The molecule has 1 aromatic rings. The summed E-state index contributed by atoms with van der Waals surface area (Å²) in [5.74, 6) is -0.140. The first-order chi connectivity index (χ1) is 8.53. The first-order valence-corrected chi connectivity index (χ1v) is 7.26. The van der Waals surface area contributed by atoms with E-state index in [0.717, 1.165) is 37.1 Å². The summed E-state index contributed by atoms with van der Waals surface area (Å²) in [6.07, 6.45) is 4.78. The van der Waals surface area contributed by atoms with Crippen LogP contribution < -0.4 is 11.1 Å². The fourth-order valence-electron chi connectivity index (χ4n) is 2.43. The van der Waals surface area contributed by atoms with Crippen molar-refractivity contribution in [1.29, 1.82) is 0 Å². The minimum Gasteiger partial charge on any atom is -0.325 e. The van der Waals surface area contributed by atoms with Gasteiger partial charge in [-0.05, 0) is 26.2 Å². The normalized spacial score (nSPS) is 28.1. The molecule has 6 heteroatoms. The van der Waals surface area contributed by atoms with Gasteiger partial charge in [0, 0.05) is 5.54 Å². The third-order valence-corrected chi connectivity index (χ3v) is 4.55. The number of nitrogens with two attached hydrogens (primary N) is 1. The summed E-state index contributed by atoms with van der Waals surface area (Å²) < 4.78 is 0. The van der Waals surface area contributed by atoms with Gasteiger partial charge in [-0.15, -0.1) is 10.2 Å². The Balaban J connectivity index is 2.02. The molecule has 2 unspecified atom stereocenters. The van der Waals surface area contributed by atoms with Crippen LogP contribution in [0.4, 0.5) is 5.13 Å². The van der Waals surface area contributed by atoms with Crippen LogP contribution in [0.2, 0.25) is 0 Å². The van der Waals surface area contributed by atoms with E-state index in [1.807, 2.05) is 13.8 Å². The van der Waals surface area contributed by atoms with Crippen LogP contribution in [0.5, 0.6) is 0 Å². The van der Waals surface area contributed by atoms with Gasteiger partial charge >= 0.3 is 0 Å². The fourth-order valence-corrected chi connectivity index (χ4v) is 3.11. The minimum atomic E-state index is -0.402. The molecule has 1 aromatic heterocycles. The molecule has 1 fully saturated rings. The lowest BCUT2D eigenvalue weighted by Crippen LogP contribution is -2.51. The van der Waals surface area contributed by atoms with Crippen LogP contribution in [0.25, 0.3) is 0 Å². The lowest BCUT2D eigenvalue weighted by molar-refractivity contribution is -0.122. The van der Waals surface area contributed by atoms with Crippen molar-refractivity contribution < 1.29 is 4.79 Å². The molecule has 1 heterocycles. The SMILES string of the molecule is CCc1nnc(NC(=O)C2CCCCC2(C)N)s1. The number of aromatic nitrogens is 2. The molecule has 1 amide bonds. The number of hydrogen-bond donors (Lipinski definition) is 2. The average Bonchev–Trinajstić information content (AvgIpc) is 2.76. The van der Waals surface area contributed by atoms with Crippen LogP contribution >= 0.6 is 11.3 Å². The quantitative estimate of drug-likeness (QED) is 0.878. The maximum atomic E-state index is 12.2. The van der Waals surface area contributed by atoms with E-state index in [0.29, 0.717) is 5.13 Å². The number of carbonyl (C=O) groups is 1. The molecule has 1 saturated carbocycles. The first kappa shape index (κ1) is 13.4. The molecule has 3 N–H and O–H groups in total. The highest BCUT2D eigenvalue weighted by molar-refractivity contribution is 7.15. The van der Waals surface area contributed by atoms with Crippen molar-refractivity contribution >= 4 is 22.4 Å². The van der Waals surface area contributed by atoms with Crippen LogP contribution in [-0.2, 0) is 11.2 Å². The second kappa shape index (κ2) is 5.32. The molecule has 0 aliphatic heterocycles. The van der Waals surface area contributed by atoms with E-state index in [1.165, 1.54) is 11.3 Å². The summed E-state index contributed by atoms with van der Waals surface area (Å²) in [5, 5.41) is 12.3. The average molecular weight is 268 g/mol. The zero-order valence-electron chi connectivity index (χ0n) is 10.9. The molecule has 1 aliphatic carbocycles. The Morgan fingerprint density at radius 2 is 2.33 bits per heavy atom. The molecule has 100 valence electrons. The van der Waals surface area contributed by atoms with Gasteiger partial charge in [-0.1, -0.05) is 31.1 Å². The number of anilines is 1. The highest BCUT2D eigenvalue weighted by Crippen LogP contribution is 2.32. The van der Waals surface area contributed by atoms with Crippen molar-refractivity contribution in [2.24, 2.45) is 11.7 Å². The van der Waals surface area contributed by atoms with Gasteiger partial charge in [0.2, 0.25) is 11.0 Å². The van der Waals surface area contributed by atoms with Gasteiger partial charge in [0.25, 0.3) is 0 Å². The lowest BCUT2D eigenvalue weighted by Gasteiger charge is -2.36. The molecule has 0 radical (unpaired) electrons. The predicted octanol–water partition coefficient (Wildman–Crippen LogP) is 1.95. The van der Waals surface area contributed by atoms with E-state index in [-0.39, 0.29) is 11.8 Å². The van der Waals surface area contributed by atoms with Crippen LogP contribution in [0.3, 0.4) is 0 Å². The summed E-state index contributed by atoms with van der Waals surface area (Å²) >= 11 is 1.43. The number of hydrogen-bond acceptors (Lipinski definition) is 5. The molecule has 0 saturated heterocycles. The Hall–Kier alpha value is -1.01. The Morgan fingerprint density at radius 3 is 2.94 bits per heavy atom. The largest absolute Gasteiger partial charge is 0.325 e. The van der Waals surface area contributed by atoms with Gasteiger partial charge in [-0.2, -0.15) is 0 Å². The summed E-state index contributed by atoms with van der Waals surface area (Å²) in [7, 11) is 0. The van der Waals surface area contributed by atoms with Gasteiger partial charge in [-0.3, -0.25) is 4.79 Å². The fraction of sp³-hybridized carbons (Fsp3) is 0.750. The Morgan fingerprint density at radius 1 is 1.56 bits per heavy atom. The minimum absolute atomic E-state index is 0.0153. The third kappa shape index (κ3) is 2.87. The van der Waals surface area contributed by atoms with Crippen molar-refractivity contribution in [3.05, 3.63) is 5.01 Å². The second-order valence-electron chi connectivity index (χ2n) is 5.15. The topological polar surface area (TPSA) is 80.9 Å². The highest BCUT2D eigenvalue weighted by atomic mass is 32.1. The van der Waals surface area contributed by atoms with E-state index in [2.05, 4.69) is 15.5 Å². The molecule has 0 aromatic carbocycles. The molecular weight excluding hydrogens is 248 g/mol. The number of carbonyl (C=O) groups excluding carboxylic acids is 1. The van der Waals surface area contributed by atoms with Crippen LogP contribution in [0, 0.1) is 5.92 Å². The first-order valence-electron chi connectivity index (χ1n) is 6.45. The molecular formula is C12H20N4OS. The molecule has 2 atom stereocenters. The van der Waals surface area contributed by atoms with Crippen LogP contribution in [0.15, 0.2) is 0 Å². The van der Waals surface area contributed by atoms with Gasteiger partial charge in [-0.25, -0.2) is 0 Å². The standard InChI is InChI=1S/C12H20N4OS/c1-3-9-15-16-11(18-9)14-10(17)8-6-4-5-7-12(8,2)13/h8H,3-7,13H2,1-2H3,(H,14,16,17). The molecule has 0 bridgehead atoms. The summed E-state index contributed by atoms with van der Waals surface area (Å²) in [4.78, 5) is 12.2. The molecule has 5 nitrogen and oxygen atoms in total. The highest BCUT2D eigenvalue weighted by Gasteiger charge is 2.38. The molecule has 18 heavy (non-hydrogen) atoms. The monoisotopic (exact) mass is 268 g/mol. The summed E-state index contributed by atoms with van der Waals surface area (Å²) in [6, 6.07) is 0. The van der Waals surface area contributed by atoms with Gasteiger partial charge < -0.3 is 11.1 Å². The van der Waals surface area contributed by atoms with E-state index >= 15 is 0 Å². The van der Waals surface area contributed by atoms with Crippen LogP contribution in [-0.4, -0.2) is 21.6 Å². The lowest BCUT2D eigenvalue weighted by atomic mass is 9.74. The molecule has 0 spiro atoms. The Labute approximate surface area is 111 Å². The predicted molar refractivity (Wildman–Crippen MR) is 72.5 cm³/mol. The summed E-state index contributed by atoms with van der Waals surface area (Å²) in [5.41, 5.74) is 5.81.